The molecule has 1 aliphatic rings. The Balaban J connectivity index is 2.12. The van der Waals surface area contributed by atoms with Gasteiger partial charge in [0.05, 0.1) is 13.5 Å². The lowest BCUT2D eigenvalue weighted by atomic mass is 9.88. The number of fused-ring (bicyclic) bond motifs is 3. The zero-order chi connectivity index (χ0) is 19.1. The predicted molar refractivity (Wildman–Crippen MR) is 109 cm³/mol. The van der Waals surface area contributed by atoms with Gasteiger partial charge in [-0.1, -0.05) is 12.1 Å². The fourth-order valence-corrected chi connectivity index (χ4v) is 5.43. The van der Waals surface area contributed by atoms with E-state index in [4.69, 9.17) is 9.72 Å². The van der Waals surface area contributed by atoms with Crippen molar-refractivity contribution in [2.24, 2.45) is 0 Å². The smallest absolute Gasteiger partial charge is 0.307 e. The largest absolute Gasteiger partial charge is 0.496 e. The minimum atomic E-state index is -0.837. The summed E-state index contributed by atoms with van der Waals surface area (Å²) in [5, 5.41) is 10.7. The van der Waals surface area contributed by atoms with Crippen LogP contribution in [0.3, 0.4) is 0 Å². The Morgan fingerprint density at radius 2 is 2.04 bits per heavy atom. The summed E-state index contributed by atoms with van der Waals surface area (Å²) in [5.74, 6) is -0.0556. The van der Waals surface area contributed by atoms with Gasteiger partial charge in [-0.3, -0.25) is 4.79 Å². The van der Waals surface area contributed by atoms with Gasteiger partial charge >= 0.3 is 5.97 Å². The van der Waals surface area contributed by atoms with Crippen LogP contribution in [0.2, 0.25) is 0 Å². The molecule has 0 bridgehead atoms. The van der Waals surface area contributed by atoms with E-state index in [-0.39, 0.29) is 6.42 Å². The van der Waals surface area contributed by atoms with Gasteiger partial charge < -0.3 is 9.84 Å². The quantitative estimate of drug-likeness (QED) is 0.683. The summed E-state index contributed by atoms with van der Waals surface area (Å²) < 4.78 is 5.69. The summed E-state index contributed by atoms with van der Waals surface area (Å²) in [5.41, 5.74) is 6.02. The van der Waals surface area contributed by atoms with Crippen molar-refractivity contribution in [2.75, 3.05) is 7.11 Å². The van der Waals surface area contributed by atoms with Crippen LogP contribution in [0.25, 0.3) is 21.3 Å². The maximum Gasteiger partial charge on any atom is 0.307 e. The number of aryl methyl sites for hydroxylation is 4. The van der Waals surface area contributed by atoms with Gasteiger partial charge in [0.2, 0.25) is 0 Å². The molecule has 1 aromatic carbocycles. The van der Waals surface area contributed by atoms with Gasteiger partial charge in [0.15, 0.2) is 0 Å². The van der Waals surface area contributed by atoms with Gasteiger partial charge in [-0.2, -0.15) is 0 Å². The van der Waals surface area contributed by atoms with Gasteiger partial charge in [0.25, 0.3) is 0 Å². The molecule has 4 nitrogen and oxygen atoms in total. The molecule has 0 saturated carbocycles. The van der Waals surface area contributed by atoms with E-state index in [0.29, 0.717) is 0 Å². The number of hydrogen-bond donors (Lipinski definition) is 1. The Labute approximate surface area is 162 Å². The molecule has 0 atom stereocenters. The van der Waals surface area contributed by atoms with Crippen LogP contribution in [0.4, 0.5) is 0 Å². The Kier molecular flexibility index (Phi) is 4.64. The van der Waals surface area contributed by atoms with Gasteiger partial charge in [-0.15, -0.1) is 11.3 Å². The van der Waals surface area contributed by atoms with E-state index in [1.165, 1.54) is 23.3 Å². The highest BCUT2D eigenvalue weighted by Crippen LogP contribution is 2.45. The zero-order valence-corrected chi connectivity index (χ0v) is 16.7. The number of nitrogens with zero attached hydrogens (tertiary/aromatic N) is 1. The van der Waals surface area contributed by atoms with E-state index in [9.17, 15) is 9.90 Å². The summed E-state index contributed by atoms with van der Waals surface area (Å²) in [6.07, 6.45) is 4.48. The van der Waals surface area contributed by atoms with Crippen LogP contribution in [-0.2, 0) is 24.1 Å². The van der Waals surface area contributed by atoms with Crippen molar-refractivity contribution in [1.29, 1.82) is 0 Å². The molecule has 0 spiro atoms. The average Bonchev–Trinajstić information content (AvgIpc) is 3.00. The van der Waals surface area contributed by atoms with E-state index in [2.05, 4.69) is 12.1 Å². The lowest BCUT2D eigenvalue weighted by Crippen LogP contribution is -2.07. The third-order valence-corrected chi connectivity index (χ3v) is 6.55. The first-order valence-corrected chi connectivity index (χ1v) is 10.1. The third-order valence-electron chi connectivity index (χ3n) is 5.36. The van der Waals surface area contributed by atoms with Crippen molar-refractivity contribution >= 4 is 27.5 Å². The molecule has 0 radical (unpaired) electrons. The topological polar surface area (TPSA) is 59.4 Å². The lowest BCUT2D eigenvalue weighted by molar-refractivity contribution is -0.136. The molecule has 140 valence electrons. The molecule has 5 heteroatoms. The third kappa shape index (κ3) is 3.10. The van der Waals surface area contributed by atoms with E-state index < -0.39 is 5.97 Å². The van der Waals surface area contributed by atoms with Crippen molar-refractivity contribution in [2.45, 2.75) is 46.0 Å². The van der Waals surface area contributed by atoms with Crippen LogP contribution in [0.15, 0.2) is 18.2 Å². The maximum absolute atomic E-state index is 11.6. The van der Waals surface area contributed by atoms with Crippen LogP contribution in [0, 0.1) is 13.8 Å². The second-order valence-corrected chi connectivity index (χ2v) is 8.30. The molecule has 4 rings (SSSR count). The molecule has 27 heavy (non-hydrogen) atoms. The second-order valence-electron chi connectivity index (χ2n) is 7.22. The minimum absolute atomic E-state index is 0.0360. The van der Waals surface area contributed by atoms with Crippen LogP contribution >= 0.6 is 11.3 Å². The number of carboxylic acid groups (broad SMARTS) is 1. The first-order valence-electron chi connectivity index (χ1n) is 9.30. The van der Waals surface area contributed by atoms with Crippen LogP contribution < -0.4 is 4.74 Å². The predicted octanol–water partition coefficient (Wildman–Crippen LogP) is 5.09. The first-order chi connectivity index (χ1) is 13.0. The monoisotopic (exact) mass is 381 g/mol. The summed E-state index contributed by atoms with van der Waals surface area (Å²) in [4.78, 5) is 18.9. The molecule has 2 heterocycles. The molecule has 3 aromatic rings. The number of methoxy groups -OCH3 is 1. The zero-order valence-electron chi connectivity index (χ0n) is 15.9. The summed E-state index contributed by atoms with van der Waals surface area (Å²) in [7, 11) is 1.67. The van der Waals surface area contributed by atoms with Gasteiger partial charge in [-0.05, 0) is 62.3 Å². The van der Waals surface area contributed by atoms with Gasteiger partial charge in [-0.25, -0.2) is 4.98 Å². The Bertz CT molecular complexity index is 1050. The molecule has 1 aliphatic carbocycles. The normalized spacial score (nSPS) is 13.6. The standard InChI is InChI=1S/C22H23NO3S/c1-12-8-9-14(17(10-12)26-3)20-16(11-19(24)25)13(2)23-22-21(20)15-6-4-5-7-18(15)27-22/h8-10H,4-7,11H2,1-3H3,(H,24,25). The molecule has 0 fully saturated rings. The minimum Gasteiger partial charge on any atom is -0.496 e. The average molecular weight is 381 g/mol. The molecule has 0 amide bonds. The first kappa shape index (κ1) is 18.0. The van der Waals surface area contributed by atoms with E-state index in [1.807, 2.05) is 19.9 Å². The number of carboxylic acids is 1. The molecule has 0 unspecified atom stereocenters. The number of pyridine rings is 1. The highest BCUT2D eigenvalue weighted by molar-refractivity contribution is 7.19. The summed E-state index contributed by atoms with van der Waals surface area (Å²) in [6, 6.07) is 6.13. The van der Waals surface area contributed by atoms with Crippen molar-refractivity contribution in [1.82, 2.24) is 4.98 Å². The van der Waals surface area contributed by atoms with Crippen LogP contribution in [0.1, 0.15) is 40.1 Å². The molecule has 2 aromatic heterocycles. The fourth-order valence-electron chi connectivity index (χ4n) is 4.11. The Morgan fingerprint density at radius 1 is 1.26 bits per heavy atom. The highest BCUT2D eigenvalue weighted by atomic mass is 32.1. The Hall–Kier alpha value is -2.40. The second kappa shape index (κ2) is 6.97. The number of aliphatic carboxylic acids is 1. The van der Waals surface area contributed by atoms with E-state index >= 15 is 0 Å². The number of hydrogen-bond acceptors (Lipinski definition) is 4. The van der Waals surface area contributed by atoms with Crippen molar-refractivity contribution in [3.8, 4) is 16.9 Å². The lowest BCUT2D eigenvalue weighted by Gasteiger charge is -2.18. The van der Waals surface area contributed by atoms with E-state index in [1.54, 1.807) is 18.4 Å². The molecule has 1 N–H and O–H groups in total. The molecular weight excluding hydrogens is 358 g/mol. The fraction of sp³-hybridized carbons (Fsp3) is 0.364. The van der Waals surface area contributed by atoms with Crippen LogP contribution in [0.5, 0.6) is 5.75 Å². The highest BCUT2D eigenvalue weighted by Gasteiger charge is 2.25. The number of benzene rings is 1. The van der Waals surface area contributed by atoms with Crippen LogP contribution in [-0.4, -0.2) is 23.2 Å². The summed E-state index contributed by atoms with van der Waals surface area (Å²) >= 11 is 1.77. The molecule has 0 saturated heterocycles. The van der Waals surface area contributed by atoms with Gasteiger partial charge in [0.1, 0.15) is 10.6 Å². The van der Waals surface area contributed by atoms with Crippen molar-refractivity contribution in [3.63, 3.8) is 0 Å². The Morgan fingerprint density at radius 3 is 2.78 bits per heavy atom. The number of carbonyl (C=O) groups is 1. The molecular formula is C22H23NO3S. The number of aromatic nitrogens is 1. The van der Waals surface area contributed by atoms with E-state index in [0.717, 1.165) is 56.8 Å². The number of rotatable bonds is 4. The number of thiophene rings is 1. The maximum atomic E-state index is 11.6. The number of ether oxygens (including phenoxy) is 1. The SMILES string of the molecule is COc1cc(C)ccc1-c1c(CC(=O)O)c(C)nc2sc3c(c12)CCCC3. The van der Waals surface area contributed by atoms with Crippen molar-refractivity contribution in [3.05, 3.63) is 45.5 Å². The summed E-state index contributed by atoms with van der Waals surface area (Å²) in [6.45, 7) is 3.95. The van der Waals surface area contributed by atoms with Gasteiger partial charge in [0, 0.05) is 27.1 Å². The molecule has 0 aliphatic heterocycles. The van der Waals surface area contributed by atoms with Crippen molar-refractivity contribution < 1.29 is 14.6 Å².